The normalized spacial score (nSPS) is 10.0. The Hall–Kier alpha value is -1.55. The van der Waals surface area contributed by atoms with Crippen LogP contribution in [-0.2, 0) is 9.78 Å². The topological polar surface area (TPSA) is 44.8 Å². The Labute approximate surface area is 101 Å². The molecule has 0 spiro atoms. The van der Waals surface area contributed by atoms with Gasteiger partial charge < -0.3 is 4.74 Å². The van der Waals surface area contributed by atoms with Crippen LogP contribution < -0.4 is 4.74 Å². The van der Waals surface area contributed by atoms with E-state index < -0.39 is 5.97 Å². The molecule has 0 atom stereocenters. The lowest BCUT2D eigenvalue weighted by atomic mass is 10.2. The molecule has 0 N–H and O–H groups in total. The van der Waals surface area contributed by atoms with Crippen LogP contribution in [0.15, 0.2) is 24.3 Å². The number of hydrogen-bond donors (Lipinski definition) is 0. The quantitative estimate of drug-likeness (QED) is 0.415. The van der Waals surface area contributed by atoms with Crippen LogP contribution in [0.25, 0.3) is 0 Å². The average molecular weight is 237 g/mol. The van der Waals surface area contributed by atoms with Crippen molar-refractivity contribution >= 4 is 5.97 Å². The van der Waals surface area contributed by atoms with Crippen LogP contribution in [0.1, 0.15) is 30.1 Å². The van der Waals surface area contributed by atoms with Crippen molar-refractivity contribution in [2.45, 2.75) is 19.8 Å². The molecule has 4 heteroatoms. The van der Waals surface area contributed by atoms with Crippen molar-refractivity contribution in [1.82, 2.24) is 0 Å². The molecule has 0 saturated carbocycles. The number of carbonyl (C=O) groups excluding carboxylic acids is 1. The molecule has 0 unspecified atom stereocenters. The summed E-state index contributed by atoms with van der Waals surface area (Å²) in [5, 5.41) is 0. The number of hydrogen-bond acceptors (Lipinski definition) is 4. The van der Waals surface area contributed by atoms with Crippen LogP contribution in [0.2, 0.25) is 0 Å². The van der Waals surface area contributed by atoms with Crippen LogP contribution >= 0.6 is 0 Å². The monoisotopic (exact) mass is 237 g/mol. The average Bonchev–Trinajstić information content (AvgIpc) is 2.36. The lowest BCUT2D eigenvalue weighted by Gasteiger charge is -2.05. The Morgan fingerprint density at radius 1 is 1.29 bits per heavy atom. The van der Waals surface area contributed by atoms with Crippen LogP contribution in [-0.4, -0.2) is 19.2 Å². The van der Waals surface area contributed by atoms with Gasteiger partial charge in [0.2, 0.25) is 0 Å². The highest BCUT2D eigenvalue weighted by Gasteiger charge is 2.08. The number of ether oxygens (including phenoxy) is 1. The van der Waals surface area contributed by atoms with E-state index >= 15 is 0 Å². The van der Waals surface area contributed by atoms with Crippen molar-refractivity contribution in [2.75, 3.05) is 13.2 Å². The zero-order chi connectivity index (χ0) is 12.5. The van der Waals surface area contributed by atoms with Crippen LogP contribution in [0.4, 0.5) is 0 Å². The fourth-order valence-electron chi connectivity index (χ4n) is 1.16. The van der Waals surface area contributed by atoms with Gasteiger partial charge in [-0.05, 0) is 37.6 Å². The number of carbonyl (C=O) groups is 1. The molecule has 0 amide bonds. The van der Waals surface area contributed by atoms with Crippen molar-refractivity contribution in [2.24, 2.45) is 0 Å². The third kappa shape index (κ3) is 4.87. The van der Waals surface area contributed by atoms with E-state index in [4.69, 9.17) is 9.62 Å². The Balaban J connectivity index is 2.40. The largest absolute Gasteiger partial charge is 0.494 e. The molecule has 0 heterocycles. The number of unbranched alkanes of at least 4 members (excludes halogenated alkanes) is 1. The minimum Gasteiger partial charge on any atom is -0.494 e. The smallest absolute Gasteiger partial charge is 0.373 e. The second-order valence-corrected chi connectivity index (χ2v) is 3.36. The minimum absolute atomic E-state index is 0.367. The maximum absolute atomic E-state index is 11.5. The summed E-state index contributed by atoms with van der Waals surface area (Å²) in [6.07, 6.45) is 1.51. The van der Waals surface area contributed by atoms with E-state index in [2.05, 4.69) is 11.8 Å². The fourth-order valence-corrected chi connectivity index (χ4v) is 1.16. The van der Waals surface area contributed by atoms with Crippen LogP contribution in [0.3, 0.4) is 0 Å². The van der Waals surface area contributed by atoms with Gasteiger partial charge in [0.15, 0.2) is 0 Å². The maximum Gasteiger partial charge on any atom is 0.373 e. The summed E-state index contributed by atoms with van der Waals surface area (Å²) in [5.41, 5.74) is 0.433. The molecule has 0 bridgehead atoms. The van der Waals surface area contributed by atoms with Crippen molar-refractivity contribution < 1.29 is 19.3 Å². The van der Waals surface area contributed by atoms with Crippen LogP contribution in [0, 0.1) is 6.92 Å². The second kappa shape index (κ2) is 7.68. The standard InChI is InChI=1S/C13H17O4/c1-3-5-10-16-17-13(14)11-6-8-12(9-7-11)15-4-2/h6-9H,1,3-5,10H2,2H3. The number of benzene rings is 1. The number of rotatable bonds is 7. The zero-order valence-electron chi connectivity index (χ0n) is 9.98. The molecule has 1 aromatic rings. The molecule has 0 aliphatic rings. The van der Waals surface area contributed by atoms with E-state index in [1.165, 1.54) is 0 Å². The van der Waals surface area contributed by atoms with Gasteiger partial charge in [0, 0.05) is 0 Å². The molecule has 0 aliphatic heterocycles. The Morgan fingerprint density at radius 3 is 2.59 bits per heavy atom. The molecule has 1 rings (SSSR count). The Kier molecular flexibility index (Phi) is 6.10. The summed E-state index contributed by atoms with van der Waals surface area (Å²) in [6, 6.07) is 6.71. The third-order valence-corrected chi connectivity index (χ3v) is 2.01. The van der Waals surface area contributed by atoms with E-state index in [-0.39, 0.29) is 0 Å². The van der Waals surface area contributed by atoms with Gasteiger partial charge in [-0.25, -0.2) is 4.79 Å². The first-order valence-electron chi connectivity index (χ1n) is 5.63. The van der Waals surface area contributed by atoms with Gasteiger partial charge in [0.25, 0.3) is 0 Å². The highest BCUT2D eigenvalue weighted by Crippen LogP contribution is 2.12. The second-order valence-electron chi connectivity index (χ2n) is 3.36. The zero-order valence-corrected chi connectivity index (χ0v) is 9.98. The highest BCUT2D eigenvalue weighted by molar-refractivity contribution is 5.89. The summed E-state index contributed by atoms with van der Waals surface area (Å²) in [5.74, 6) is 0.221. The van der Waals surface area contributed by atoms with E-state index in [0.717, 1.165) is 18.6 Å². The van der Waals surface area contributed by atoms with E-state index in [1.54, 1.807) is 24.3 Å². The first-order valence-corrected chi connectivity index (χ1v) is 5.63. The highest BCUT2D eigenvalue weighted by atomic mass is 17.2. The first-order chi connectivity index (χ1) is 8.27. The summed E-state index contributed by atoms with van der Waals surface area (Å²) >= 11 is 0. The summed E-state index contributed by atoms with van der Waals surface area (Å²) in [7, 11) is 0. The predicted molar refractivity (Wildman–Crippen MR) is 63.6 cm³/mol. The third-order valence-electron chi connectivity index (χ3n) is 2.01. The Morgan fingerprint density at radius 2 is 2.00 bits per heavy atom. The van der Waals surface area contributed by atoms with E-state index in [0.29, 0.717) is 18.8 Å². The fraction of sp³-hybridized carbons (Fsp3) is 0.385. The molecular formula is C13H17O4. The molecule has 1 radical (unpaired) electrons. The Bertz CT molecular complexity index is 332. The van der Waals surface area contributed by atoms with E-state index in [9.17, 15) is 4.79 Å². The summed E-state index contributed by atoms with van der Waals surface area (Å²) < 4.78 is 5.26. The van der Waals surface area contributed by atoms with Crippen LogP contribution in [0.5, 0.6) is 5.75 Å². The van der Waals surface area contributed by atoms with Gasteiger partial charge in [-0.1, -0.05) is 13.3 Å². The van der Waals surface area contributed by atoms with Gasteiger partial charge >= 0.3 is 5.97 Å². The van der Waals surface area contributed by atoms with Gasteiger partial charge in [-0.3, -0.25) is 4.89 Å². The molecule has 0 fully saturated rings. The molecule has 0 aromatic heterocycles. The maximum atomic E-state index is 11.5. The van der Waals surface area contributed by atoms with Gasteiger partial charge in [0.1, 0.15) is 5.75 Å². The molecule has 4 nitrogen and oxygen atoms in total. The minimum atomic E-state index is -0.503. The lowest BCUT2D eigenvalue weighted by Crippen LogP contribution is -2.06. The molecular weight excluding hydrogens is 220 g/mol. The molecule has 17 heavy (non-hydrogen) atoms. The molecule has 0 aliphatic carbocycles. The summed E-state index contributed by atoms with van der Waals surface area (Å²) in [4.78, 5) is 20.8. The van der Waals surface area contributed by atoms with Gasteiger partial charge in [-0.15, -0.1) is 0 Å². The molecule has 1 aromatic carbocycles. The van der Waals surface area contributed by atoms with Gasteiger partial charge in [0.05, 0.1) is 18.8 Å². The van der Waals surface area contributed by atoms with Gasteiger partial charge in [-0.2, -0.15) is 4.89 Å². The van der Waals surface area contributed by atoms with Crippen molar-refractivity contribution in [3.63, 3.8) is 0 Å². The molecule has 93 valence electrons. The van der Waals surface area contributed by atoms with Crippen molar-refractivity contribution in [3.05, 3.63) is 36.8 Å². The SMILES string of the molecule is [CH2]CCCOOC(=O)c1ccc(OCC)cc1. The van der Waals surface area contributed by atoms with Crippen molar-refractivity contribution in [3.8, 4) is 5.75 Å². The summed E-state index contributed by atoms with van der Waals surface area (Å²) in [6.45, 7) is 6.52. The predicted octanol–water partition coefficient (Wildman–Crippen LogP) is 2.79. The van der Waals surface area contributed by atoms with E-state index in [1.807, 2.05) is 6.92 Å². The first kappa shape index (κ1) is 13.5. The molecule has 0 saturated heterocycles. The lowest BCUT2D eigenvalue weighted by molar-refractivity contribution is -0.241. The van der Waals surface area contributed by atoms with Crippen molar-refractivity contribution in [1.29, 1.82) is 0 Å².